The van der Waals surface area contributed by atoms with Crippen LogP contribution in [0.2, 0.25) is 0 Å². The van der Waals surface area contributed by atoms with Gasteiger partial charge in [0.2, 0.25) is 5.91 Å². The summed E-state index contributed by atoms with van der Waals surface area (Å²) in [5.74, 6) is -2.23. The van der Waals surface area contributed by atoms with Crippen LogP contribution >= 0.6 is 11.8 Å². The molecule has 2 rings (SSSR count). The molecule has 2 aromatic carbocycles. The van der Waals surface area contributed by atoms with E-state index in [1.54, 1.807) is 24.1 Å². The molecule has 2 nitrogen and oxygen atoms in total. The van der Waals surface area contributed by atoms with Crippen LogP contribution in [0.15, 0.2) is 47.4 Å². The number of halogens is 3. The number of benzene rings is 2. The summed E-state index contributed by atoms with van der Waals surface area (Å²) in [6, 6.07) is 9.27. The normalized spacial score (nSPS) is 12.0. The Hall–Kier alpha value is -1.95. The summed E-state index contributed by atoms with van der Waals surface area (Å²) in [5, 5.41) is 0. The van der Waals surface area contributed by atoms with Crippen LogP contribution in [0, 0.1) is 17.5 Å². The minimum Gasteiger partial charge on any atom is -0.338 e. The quantitative estimate of drug-likeness (QED) is 0.752. The fourth-order valence-electron chi connectivity index (χ4n) is 1.99. The van der Waals surface area contributed by atoms with E-state index in [-0.39, 0.29) is 23.5 Å². The summed E-state index contributed by atoms with van der Waals surface area (Å²) in [4.78, 5) is 14.2. The van der Waals surface area contributed by atoms with E-state index in [2.05, 4.69) is 0 Å². The first-order valence-corrected chi connectivity index (χ1v) is 7.96. The van der Waals surface area contributed by atoms with E-state index in [1.165, 1.54) is 18.2 Å². The average Bonchev–Trinajstić information content (AvgIpc) is 2.55. The summed E-state index contributed by atoms with van der Waals surface area (Å²) in [6.45, 7) is 1.84. The number of carbonyl (C=O) groups is 1. The lowest BCUT2D eigenvalue weighted by atomic mass is 10.1. The van der Waals surface area contributed by atoms with Crippen molar-refractivity contribution in [3.05, 3.63) is 65.5 Å². The van der Waals surface area contributed by atoms with E-state index in [0.717, 1.165) is 29.5 Å². The second kappa shape index (κ2) is 7.55. The van der Waals surface area contributed by atoms with Crippen molar-refractivity contribution < 1.29 is 18.0 Å². The Morgan fingerprint density at radius 3 is 2.35 bits per heavy atom. The maximum absolute atomic E-state index is 13.1. The van der Waals surface area contributed by atoms with Crippen molar-refractivity contribution in [3.8, 4) is 0 Å². The van der Waals surface area contributed by atoms with Gasteiger partial charge in [0.15, 0.2) is 11.6 Å². The molecule has 0 saturated carbocycles. The van der Waals surface area contributed by atoms with Crippen molar-refractivity contribution in [1.82, 2.24) is 4.90 Å². The van der Waals surface area contributed by atoms with Crippen molar-refractivity contribution in [3.63, 3.8) is 0 Å². The van der Waals surface area contributed by atoms with Crippen molar-refractivity contribution in [1.29, 1.82) is 0 Å². The topological polar surface area (TPSA) is 20.3 Å². The predicted molar refractivity (Wildman–Crippen MR) is 84.7 cm³/mol. The number of nitrogens with zero attached hydrogens (tertiary/aromatic N) is 1. The molecule has 0 spiro atoms. The van der Waals surface area contributed by atoms with E-state index < -0.39 is 11.6 Å². The standard InChI is InChI=1S/C17H16F3NOS/c1-11(12-3-5-13(18)6-4-12)21(2)17(22)10-23-14-7-8-15(19)16(20)9-14/h3-9,11H,10H2,1-2H3. The smallest absolute Gasteiger partial charge is 0.233 e. The van der Waals surface area contributed by atoms with Gasteiger partial charge < -0.3 is 4.90 Å². The predicted octanol–water partition coefficient (Wildman–Crippen LogP) is 4.42. The molecular formula is C17H16F3NOS. The van der Waals surface area contributed by atoms with Crippen LogP contribution in [0.3, 0.4) is 0 Å². The molecule has 2 aromatic rings. The Morgan fingerprint density at radius 2 is 1.74 bits per heavy atom. The molecule has 0 fully saturated rings. The average molecular weight is 339 g/mol. The van der Waals surface area contributed by atoms with Gasteiger partial charge in [0.05, 0.1) is 11.8 Å². The van der Waals surface area contributed by atoms with Crippen LogP contribution in [-0.2, 0) is 4.79 Å². The van der Waals surface area contributed by atoms with Gasteiger partial charge in [-0.3, -0.25) is 4.79 Å². The van der Waals surface area contributed by atoms with Gasteiger partial charge >= 0.3 is 0 Å². The Balaban J connectivity index is 1.96. The Labute approximate surface area is 137 Å². The SMILES string of the molecule is CC(c1ccc(F)cc1)N(C)C(=O)CSc1ccc(F)c(F)c1. The lowest BCUT2D eigenvalue weighted by Crippen LogP contribution is -2.31. The van der Waals surface area contributed by atoms with Crippen LogP contribution in [0.25, 0.3) is 0 Å². The molecule has 1 amide bonds. The molecule has 6 heteroatoms. The van der Waals surface area contributed by atoms with E-state index >= 15 is 0 Å². The van der Waals surface area contributed by atoms with Gasteiger partial charge in [-0.1, -0.05) is 12.1 Å². The first-order chi connectivity index (χ1) is 10.9. The maximum Gasteiger partial charge on any atom is 0.233 e. The minimum absolute atomic E-state index is 0.104. The first-order valence-electron chi connectivity index (χ1n) is 6.97. The minimum atomic E-state index is -0.935. The fourth-order valence-corrected chi connectivity index (χ4v) is 2.84. The molecule has 0 aromatic heterocycles. The zero-order chi connectivity index (χ0) is 17.0. The summed E-state index contributed by atoms with van der Waals surface area (Å²) in [5.41, 5.74) is 0.820. The number of rotatable bonds is 5. The molecule has 0 aliphatic rings. The van der Waals surface area contributed by atoms with E-state index in [1.807, 2.05) is 6.92 Å². The second-order valence-electron chi connectivity index (χ2n) is 5.10. The molecule has 0 aliphatic heterocycles. The van der Waals surface area contributed by atoms with Gasteiger partial charge in [-0.05, 0) is 42.8 Å². The van der Waals surface area contributed by atoms with Gasteiger partial charge in [-0.2, -0.15) is 0 Å². The highest BCUT2D eigenvalue weighted by Gasteiger charge is 2.17. The number of thioether (sulfide) groups is 1. The number of amides is 1. The van der Waals surface area contributed by atoms with Gasteiger partial charge in [-0.25, -0.2) is 13.2 Å². The summed E-state index contributed by atoms with van der Waals surface area (Å²) in [7, 11) is 1.65. The van der Waals surface area contributed by atoms with Crippen molar-refractivity contribution in [2.24, 2.45) is 0 Å². The number of hydrogen-bond acceptors (Lipinski definition) is 2. The molecule has 1 unspecified atom stereocenters. The Bertz CT molecular complexity index is 691. The Kier molecular flexibility index (Phi) is 5.71. The molecule has 122 valence electrons. The first kappa shape index (κ1) is 17.4. The van der Waals surface area contributed by atoms with Crippen molar-refractivity contribution in [2.75, 3.05) is 12.8 Å². The zero-order valence-electron chi connectivity index (χ0n) is 12.7. The Morgan fingerprint density at radius 1 is 1.09 bits per heavy atom. The largest absolute Gasteiger partial charge is 0.338 e. The van der Waals surface area contributed by atoms with Gasteiger partial charge in [0.25, 0.3) is 0 Å². The highest BCUT2D eigenvalue weighted by molar-refractivity contribution is 8.00. The highest BCUT2D eigenvalue weighted by atomic mass is 32.2. The third kappa shape index (κ3) is 4.51. The second-order valence-corrected chi connectivity index (χ2v) is 6.15. The summed E-state index contributed by atoms with van der Waals surface area (Å²) in [6.07, 6.45) is 0. The van der Waals surface area contributed by atoms with Crippen LogP contribution < -0.4 is 0 Å². The molecule has 0 N–H and O–H groups in total. The third-order valence-electron chi connectivity index (χ3n) is 3.58. The number of carbonyl (C=O) groups excluding carboxylic acids is 1. The number of hydrogen-bond donors (Lipinski definition) is 0. The van der Waals surface area contributed by atoms with Crippen LogP contribution in [0.1, 0.15) is 18.5 Å². The van der Waals surface area contributed by atoms with Crippen molar-refractivity contribution >= 4 is 17.7 Å². The van der Waals surface area contributed by atoms with Gasteiger partial charge in [0.1, 0.15) is 5.82 Å². The maximum atomic E-state index is 13.1. The molecule has 1 atom stereocenters. The lowest BCUT2D eigenvalue weighted by Gasteiger charge is -2.25. The van der Waals surface area contributed by atoms with Crippen LogP contribution in [0.5, 0.6) is 0 Å². The highest BCUT2D eigenvalue weighted by Crippen LogP contribution is 2.23. The van der Waals surface area contributed by atoms with Crippen LogP contribution in [-0.4, -0.2) is 23.6 Å². The fraction of sp³-hybridized carbons (Fsp3) is 0.235. The molecular weight excluding hydrogens is 323 g/mol. The third-order valence-corrected chi connectivity index (χ3v) is 4.56. The monoisotopic (exact) mass is 339 g/mol. The summed E-state index contributed by atoms with van der Waals surface area (Å²) >= 11 is 1.14. The van der Waals surface area contributed by atoms with Gasteiger partial charge in [-0.15, -0.1) is 11.8 Å². The molecule has 0 saturated heterocycles. The van der Waals surface area contributed by atoms with E-state index in [9.17, 15) is 18.0 Å². The molecule has 0 heterocycles. The zero-order valence-corrected chi connectivity index (χ0v) is 13.5. The van der Waals surface area contributed by atoms with E-state index in [4.69, 9.17) is 0 Å². The molecule has 0 radical (unpaired) electrons. The van der Waals surface area contributed by atoms with Crippen molar-refractivity contribution in [2.45, 2.75) is 17.9 Å². The van der Waals surface area contributed by atoms with Gasteiger partial charge in [0, 0.05) is 11.9 Å². The van der Waals surface area contributed by atoms with E-state index in [0.29, 0.717) is 4.90 Å². The van der Waals surface area contributed by atoms with Crippen LogP contribution in [0.4, 0.5) is 13.2 Å². The molecule has 23 heavy (non-hydrogen) atoms. The molecule has 0 bridgehead atoms. The summed E-state index contributed by atoms with van der Waals surface area (Å²) < 4.78 is 38.9. The molecule has 0 aliphatic carbocycles. The lowest BCUT2D eigenvalue weighted by molar-refractivity contribution is -0.128.